The SMILES string of the molecule is C1=CC2C=CC=C(C3=CC=C(N(c4ccc(-c5cc(-c6ccccc6)cc6ccccc56)cc4)c4cnc5cc6c(cc5c4)oc4ccccc46)CC3)C2C=C1. The Hall–Kier alpha value is -6.97. The standard InChI is InChI=1S/C53H38N2O/c1-2-11-35(12-3-1)40-29-39-14-5-7-17-47(39)49(31-40)38-23-27-43(28-24-38)55(42-25-21-37(22-26-42)46-19-10-15-36-13-4-6-16-45(36)46)44-30-41-32-53-50(33-51(41)54-34-44)48-18-8-9-20-52(48)56-53/h1-21,23-25,27-34,36,45H,22,26H2. The summed E-state index contributed by atoms with van der Waals surface area (Å²) in [5.74, 6) is 0.819. The van der Waals surface area contributed by atoms with Crippen molar-refractivity contribution in [2.75, 3.05) is 4.90 Å². The fourth-order valence-electron chi connectivity index (χ4n) is 8.97. The summed E-state index contributed by atoms with van der Waals surface area (Å²) in [6, 6.07) is 47.9. The van der Waals surface area contributed by atoms with E-state index in [1.54, 1.807) is 0 Å². The van der Waals surface area contributed by atoms with Gasteiger partial charge in [-0.2, -0.15) is 0 Å². The van der Waals surface area contributed by atoms with Gasteiger partial charge in [-0.15, -0.1) is 0 Å². The summed E-state index contributed by atoms with van der Waals surface area (Å²) >= 11 is 0. The molecule has 56 heavy (non-hydrogen) atoms. The minimum atomic E-state index is 0.395. The molecule has 2 heterocycles. The Bertz CT molecular complexity index is 3030. The number of allylic oxidation sites excluding steroid dienone is 12. The second-order valence-corrected chi connectivity index (χ2v) is 15.1. The van der Waals surface area contributed by atoms with E-state index in [1.807, 2.05) is 18.3 Å². The number of hydrogen-bond donors (Lipinski definition) is 0. The number of hydrogen-bond acceptors (Lipinski definition) is 3. The van der Waals surface area contributed by atoms with Gasteiger partial charge in [0.15, 0.2) is 0 Å². The molecule has 0 radical (unpaired) electrons. The van der Waals surface area contributed by atoms with Crippen molar-refractivity contribution in [3.05, 3.63) is 211 Å². The van der Waals surface area contributed by atoms with Gasteiger partial charge in [0.2, 0.25) is 0 Å². The van der Waals surface area contributed by atoms with Crippen LogP contribution in [-0.4, -0.2) is 4.98 Å². The number of nitrogens with zero attached hydrogens (tertiary/aromatic N) is 2. The summed E-state index contributed by atoms with van der Waals surface area (Å²) in [7, 11) is 0. The van der Waals surface area contributed by atoms with Crippen LogP contribution in [0.2, 0.25) is 0 Å². The number of furan rings is 1. The number of rotatable bonds is 6. The number of aromatic nitrogens is 1. The Balaban J connectivity index is 1.02. The van der Waals surface area contributed by atoms with E-state index in [1.165, 1.54) is 49.9 Å². The molecule has 0 fully saturated rings. The molecule has 11 rings (SSSR count). The molecular weight excluding hydrogens is 681 g/mol. The highest BCUT2D eigenvalue weighted by molar-refractivity contribution is 6.09. The second-order valence-electron chi connectivity index (χ2n) is 15.1. The van der Waals surface area contributed by atoms with Gasteiger partial charge in [0.1, 0.15) is 11.2 Å². The quantitative estimate of drug-likeness (QED) is 0.171. The van der Waals surface area contributed by atoms with Crippen molar-refractivity contribution in [3.63, 3.8) is 0 Å². The van der Waals surface area contributed by atoms with Crippen LogP contribution in [0.1, 0.15) is 12.8 Å². The van der Waals surface area contributed by atoms with Crippen LogP contribution < -0.4 is 4.90 Å². The van der Waals surface area contributed by atoms with Crippen LogP contribution in [0, 0.1) is 11.8 Å². The van der Waals surface area contributed by atoms with Gasteiger partial charge in [0, 0.05) is 39.4 Å². The first kappa shape index (κ1) is 32.5. The summed E-state index contributed by atoms with van der Waals surface area (Å²) in [6.07, 6.45) is 24.5. The van der Waals surface area contributed by atoms with Gasteiger partial charge in [-0.25, -0.2) is 0 Å². The van der Waals surface area contributed by atoms with Crippen LogP contribution in [0.5, 0.6) is 0 Å². The van der Waals surface area contributed by atoms with Crippen molar-refractivity contribution >= 4 is 55.0 Å². The first-order valence-corrected chi connectivity index (χ1v) is 19.6. The number of para-hydroxylation sites is 1. The molecule has 2 atom stereocenters. The fourth-order valence-corrected chi connectivity index (χ4v) is 8.97. The number of benzene rings is 6. The van der Waals surface area contributed by atoms with Gasteiger partial charge in [0.05, 0.1) is 17.4 Å². The van der Waals surface area contributed by atoms with E-state index in [4.69, 9.17) is 9.40 Å². The Kier molecular flexibility index (Phi) is 7.77. The maximum absolute atomic E-state index is 6.31. The highest BCUT2D eigenvalue weighted by Crippen LogP contribution is 2.42. The molecule has 3 heteroatoms. The minimum absolute atomic E-state index is 0.395. The summed E-state index contributed by atoms with van der Waals surface area (Å²) in [4.78, 5) is 7.47. The molecular formula is C53H38N2O. The maximum Gasteiger partial charge on any atom is 0.136 e. The van der Waals surface area contributed by atoms with Crippen LogP contribution in [0.15, 0.2) is 216 Å². The van der Waals surface area contributed by atoms with E-state index < -0.39 is 0 Å². The average Bonchev–Trinajstić information content (AvgIpc) is 3.63. The molecule has 6 aromatic carbocycles. The molecule has 0 saturated heterocycles. The van der Waals surface area contributed by atoms with Gasteiger partial charge in [-0.1, -0.05) is 134 Å². The summed E-state index contributed by atoms with van der Waals surface area (Å²) < 4.78 is 6.31. The second kappa shape index (κ2) is 13.4. The lowest BCUT2D eigenvalue weighted by molar-refractivity contribution is 0.621. The van der Waals surface area contributed by atoms with Crippen molar-refractivity contribution in [1.82, 2.24) is 4.98 Å². The third-order valence-electron chi connectivity index (χ3n) is 11.8. The van der Waals surface area contributed by atoms with Crippen LogP contribution in [-0.2, 0) is 0 Å². The third kappa shape index (κ3) is 5.63. The molecule has 0 spiro atoms. The van der Waals surface area contributed by atoms with E-state index in [-0.39, 0.29) is 0 Å². The van der Waals surface area contributed by atoms with Crippen molar-refractivity contribution < 1.29 is 4.42 Å². The normalized spacial score (nSPS) is 17.6. The van der Waals surface area contributed by atoms with Crippen LogP contribution in [0.3, 0.4) is 0 Å². The van der Waals surface area contributed by atoms with E-state index in [0.717, 1.165) is 57.1 Å². The zero-order valence-corrected chi connectivity index (χ0v) is 30.8. The highest BCUT2D eigenvalue weighted by atomic mass is 16.3. The van der Waals surface area contributed by atoms with E-state index in [9.17, 15) is 0 Å². The molecule has 3 aliphatic rings. The van der Waals surface area contributed by atoms with Crippen LogP contribution in [0.4, 0.5) is 11.4 Å². The van der Waals surface area contributed by atoms with Crippen molar-refractivity contribution in [3.8, 4) is 22.3 Å². The summed E-state index contributed by atoms with van der Waals surface area (Å²) in [5.41, 5.74) is 13.8. The molecule has 0 N–H and O–H groups in total. The first-order chi connectivity index (χ1) is 27.7. The van der Waals surface area contributed by atoms with Crippen molar-refractivity contribution in [2.45, 2.75) is 12.8 Å². The van der Waals surface area contributed by atoms with Crippen molar-refractivity contribution in [1.29, 1.82) is 0 Å². The number of fused-ring (bicyclic) bond motifs is 6. The minimum Gasteiger partial charge on any atom is -0.456 e. The molecule has 0 amide bonds. The number of pyridine rings is 1. The van der Waals surface area contributed by atoms with Gasteiger partial charge < -0.3 is 9.32 Å². The molecule has 2 unspecified atom stereocenters. The zero-order chi connectivity index (χ0) is 37.0. The maximum atomic E-state index is 6.31. The Morgan fingerprint density at radius 2 is 1.34 bits per heavy atom. The molecule has 0 bridgehead atoms. The Morgan fingerprint density at radius 3 is 2.21 bits per heavy atom. The van der Waals surface area contributed by atoms with Gasteiger partial charge in [0.25, 0.3) is 0 Å². The van der Waals surface area contributed by atoms with E-state index in [2.05, 4.69) is 181 Å². The molecule has 2 aromatic heterocycles. The Morgan fingerprint density at radius 1 is 0.536 bits per heavy atom. The number of anilines is 2. The molecule has 0 saturated carbocycles. The fraction of sp³-hybridized carbons (Fsp3) is 0.0755. The first-order valence-electron chi connectivity index (χ1n) is 19.6. The smallest absolute Gasteiger partial charge is 0.136 e. The lowest BCUT2D eigenvalue weighted by atomic mass is 9.75. The molecule has 8 aromatic rings. The lowest BCUT2D eigenvalue weighted by Gasteiger charge is -2.32. The zero-order valence-electron chi connectivity index (χ0n) is 30.8. The van der Waals surface area contributed by atoms with Gasteiger partial charge in [-0.05, 0) is 112 Å². The van der Waals surface area contributed by atoms with Gasteiger partial charge in [-0.3, -0.25) is 4.98 Å². The van der Waals surface area contributed by atoms with Crippen LogP contribution >= 0.6 is 0 Å². The van der Waals surface area contributed by atoms with Crippen molar-refractivity contribution in [2.24, 2.45) is 11.8 Å². The molecule has 3 nitrogen and oxygen atoms in total. The van der Waals surface area contributed by atoms with Gasteiger partial charge >= 0.3 is 0 Å². The molecule has 0 aliphatic heterocycles. The predicted octanol–water partition coefficient (Wildman–Crippen LogP) is 14.2. The Labute approximate surface area is 326 Å². The topological polar surface area (TPSA) is 29.3 Å². The predicted molar refractivity (Wildman–Crippen MR) is 234 cm³/mol. The summed E-state index contributed by atoms with van der Waals surface area (Å²) in [6.45, 7) is 0. The lowest BCUT2D eigenvalue weighted by Crippen LogP contribution is -2.20. The van der Waals surface area contributed by atoms with E-state index >= 15 is 0 Å². The molecule has 266 valence electrons. The summed E-state index contributed by atoms with van der Waals surface area (Å²) in [5, 5.41) is 5.74. The van der Waals surface area contributed by atoms with Crippen LogP contribution in [0.25, 0.3) is 65.9 Å². The van der Waals surface area contributed by atoms with E-state index in [0.29, 0.717) is 11.8 Å². The average molecular weight is 719 g/mol. The molecule has 3 aliphatic carbocycles. The highest BCUT2D eigenvalue weighted by Gasteiger charge is 2.27. The largest absolute Gasteiger partial charge is 0.456 e. The monoisotopic (exact) mass is 718 g/mol. The third-order valence-corrected chi connectivity index (χ3v) is 11.8.